The minimum atomic E-state index is -1.07. The maximum atomic E-state index is 12.8. The summed E-state index contributed by atoms with van der Waals surface area (Å²) in [6, 6.07) is 4.37. The molecule has 8 heteroatoms. The molecule has 1 saturated heterocycles. The molecule has 1 unspecified atom stereocenters. The van der Waals surface area contributed by atoms with Crippen LogP contribution in [0.4, 0.5) is 10.1 Å². The van der Waals surface area contributed by atoms with E-state index in [1.54, 1.807) is 0 Å². The maximum Gasteiger partial charge on any atom is 0.321 e. The first-order valence-electron chi connectivity index (χ1n) is 8.36. The van der Waals surface area contributed by atoms with Gasteiger partial charge in [0.05, 0.1) is 19.6 Å². The van der Waals surface area contributed by atoms with Crippen LogP contribution in [0.2, 0.25) is 0 Å². The van der Waals surface area contributed by atoms with Crippen LogP contribution in [0.3, 0.4) is 0 Å². The van der Waals surface area contributed by atoms with Crippen molar-refractivity contribution < 1.29 is 23.8 Å². The summed E-state index contributed by atoms with van der Waals surface area (Å²) >= 11 is 0. The number of anilines is 1. The van der Waals surface area contributed by atoms with Gasteiger partial charge in [0.2, 0.25) is 5.91 Å². The summed E-state index contributed by atoms with van der Waals surface area (Å²) in [4.78, 5) is 25.5. The molecule has 138 valence electrons. The predicted octanol–water partition coefficient (Wildman–Crippen LogP) is 0.919. The fraction of sp³-hybridized carbons (Fsp3) is 0.529. The Labute approximate surface area is 146 Å². The summed E-state index contributed by atoms with van der Waals surface area (Å²) in [5.41, 5.74) is 0.433. The number of carbonyl (C=O) groups is 2. The molecule has 1 aliphatic heterocycles. The molecule has 0 saturated carbocycles. The Morgan fingerprint density at radius 3 is 2.56 bits per heavy atom. The molecule has 0 radical (unpaired) electrons. The molecule has 1 aromatic rings. The average Bonchev–Trinajstić information content (AvgIpc) is 2.60. The zero-order valence-electron chi connectivity index (χ0n) is 14.0. The molecular weight excluding hydrogens is 329 g/mol. The van der Waals surface area contributed by atoms with Crippen molar-refractivity contribution in [2.45, 2.75) is 18.9 Å². The second kappa shape index (κ2) is 10.1. The van der Waals surface area contributed by atoms with Crippen molar-refractivity contribution in [2.75, 3.05) is 44.7 Å². The van der Waals surface area contributed by atoms with Crippen LogP contribution >= 0.6 is 0 Å². The molecule has 1 heterocycles. The van der Waals surface area contributed by atoms with E-state index < -0.39 is 23.7 Å². The highest BCUT2D eigenvalue weighted by Crippen LogP contribution is 2.09. The quantitative estimate of drug-likeness (QED) is 0.572. The summed E-state index contributed by atoms with van der Waals surface area (Å²) in [7, 11) is 0. The number of aliphatic carboxylic acids is 1. The van der Waals surface area contributed by atoms with Crippen LogP contribution in [0.5, 0.6) is 0 Å². The lowest BCUT2D eigenvalue weighted by molar-refractivity contribution is -0.141. The molecule has 25 heavy (non-hydrogen) atoms. The van der Waals surface area contributed by atoms with Crippen LogP contribution in [-0.2, 0) is 14.3 Å². The fourth-order valence-corrected chi connectivity index (χ4v) is 2.58. The summed E-state index contributed by atoms with van der Waals surface area (Å²) in [5, 5.41) is 14.7. The molecule has 0 spiro atoms. The fourth-order valence-electron chi connectivity index (χ4n) is 2.58. The lowest BCUT2D eigenvalue weighted by atomic mass is 10.2. The van der Waals surface area contributed by atoms with Crippen molar-refractivity contribution in [3.63, 3.8) is 0 Å². The Hall–Kier alpha value is -2.03. The maximum absolute atomic E-state index is 12.8. The van der Waals surface area contributed by atoms with Crippen LogP contribution in [0.15, 0.2) is 24.3 Å². The largest absolute Gasteiger partial charge is 0.480 e. The zero-order chi connectivity index (χ0) is 18.1. The highest BCUT2D eigenvalue weighted by atomic mass is 19.1. The molecule has 0 bridgehead atoms. The molecule has 1 aromatic carbocycles. The summed E-state index contributed by atoms with van der Waals surface area (Å²) in [6.45, 7) is 4.62. The molecule has 3 N–H and O–H groups in total. The SMILES string of the molecule is O=C(CC(NCCCN1CCOCC1)C(=O)O)Nc1ccc(F)cc1. The van der Waals surface area contributed by atoms with Gasteiger partial charge >= 0.3 is 5.97 Å². The van der Waals surface area contributed by atoms with Crippen molar-refractivity contribution in [2.24, 2.45) is 0 Å². The van der Waals surface area contributed by atoms with Gasteiger partial charge in [-0.2, -0.15) is 0 Å². The number of hydrogen-bond donors (Lipinski definition) is 3. The average molecular weight is 353 g/mol. The van der Waals surface area contributed by atoms with E-state index in [0.29, 0.717) is 12.2 Å². The van der Waals surface area contributed by atoms with E-state index in [1.807, 2.05) is 0 Å². The number of hydrogen-bond acceptors (Lipinski definition) is 5. The Morgan fingerprint density at radius 1 is 1.24 bits per heavy atom. The number of benzene rings is 1. The number of carbonyl (C=O) groups excluding carboxylic acids is 1. The molecule has 0 aliphatic carbocycles. The number of amides is 1. The van der Waals surface area contributed by atoms with Crippen molar-refractivity contribution >= 4 is 17.6 Å². The van der Waals surface area contributed by atoms with Crippen molar-refractivity contribution in [1.29, 1.82) is 0 Å². The van der Waals surface area contributed by atoms with Crippen LogP contribution < -0.4 is 10.6 Å². The van der Waals surface area contributed by atoms with E-state index in [4.69, 9.17) is 4.74 Å². The second-order valence-electron chi connectivity index (χ2n) is 5.91. The van der Waals surface area contributed by atoms with E-state index in [0.717, 1.165) is 39.3 Å². The monoisotopic (exact) mass is 353 g/mol. The number of morpholine rings is 1. The molecule has 1 atom stereocenters. The van der Waals surface area contributed by atoms with Gasteiger partial charge in [-0.05, 0) is 43.8 Å². The Bertz CT molecular complexity index is 562. The summed E-state index contributed by atoms with van der Waals surface area (Å²) in [5.74, 6) is -1.90. The van der Waals surface area contributed by atoms with Gasteiger partial charge in [0.15, 0.2) is 0 Å². The molecule has 1 amide bonds. The lowest BCUT2D eigenvalue weighted by Gasteiger charge is -2.26. The first-order chi connectivity index (χ1) is 12.0. The van der Waals surface area contributed by atoms with Gasteiger partial charge in [-0.3, -0.25) is 14.5 Å². The zero-order valence-corrected chi connectivity index (χ0v) is 14.0. The van der Waals surface area contributed by atoms with Gasteiger partial charge < -0.3 is 20.5 Å². The third kappa shape index (κ3) is 7.16. The molecular formula is C17H24FN3O4. The molecule has 2 rings (SSSR count). The topological polar surface area (TPSA) is 90.9 Å². The van der Waals surface area contributed by atoms with Gasteiger partial charge in [-0.15, -0.1) is 0 Å². The summed E-state index contributed by atoms with van der Waals surface area (Å²) < 4.78 is 18.1. The first-order valence-corrected chi connectivity index (χ1v) is 8.36. The first kappa shape index (κ1) is 19.3. The smallest absolute Gasteiger partial charge is 0.321 e. The number of carboxylic acids is 1. The van der Waals surface area contributed by atoms with E-state index in [-0.39, 0.29) is 6.42 Å². The third-order valence-corrected chi connectivity index (χ3v) is 3.96. The van der Waals surface area contributed by atoms with Gasteiger partial charge in [-0.1, -0.05) is 0 Å². The van der Waals surface area contributed by atoms with Crippen molar-refractivity contribution in [3.8, 4) is 0 Å². The Balaban J connectivity index is 1.70. The number of rotatable bonds is 9. The highest BCUT2D eigenvalue weighted by molar-refractivity contribution is 5.94. The number of nitrogens with zero attached hydrogens (tertiary/aromatic N) is 1. The van der Waals surface area contributed by atoms with Crippen molar-refractivity contribution in [3.05, 3.63) is 30.1 Å². The number of carboxylic acid groups (broad SMARTS) is 1. The minimum Gasteiger partial charge on any atom is -0.480 e. The Kier molecular flexibility index (Phi) is 7.77. The second-order valence-corrected chi connectivity index (χ2v) is 5.91. The summed E-state index contributed by atoms with van der Waals surface area (Å²) in [6.07, 6.45) is 0.605. The molecule has 1 aliphatic rings. The normalized spacial score (nSPS) is 16.4. The van der Waals surface area contributed by atoms with Crippen LogP contribution in [-0.4, -0.2) is 67.3 Å². The predicted molar refractivity (Wildman–Crippen MR) is 90.9 cm³/mol. The van der Waals surface area contributed by atoms with Crippen molar-refractivity contribution in [1.82, 2.24) is 10.2 Å². The Morgan fingerprint density at radius 2 is 1.92 bits per heavy atom. The minimum absolute atomic E-state index is 0.190. The van der Waals surface area contributed by atoms with Gasteiger partial charge in [0.25, 0.3) is 0 Å². The highest BCUT2D eigenvalue weighted by Gasteiger charge is 2.20. The molecule has 0 aromatic heterocycles. The van der Waals surface area contributed by atoms with Gasteiger partial charge in [0, 0.05) is 18.8 Å². The van der Waals surface area contributed by atoms with Crippen LogP contribution in [0.1, 0.15) is 12.8 Å². The number of halogens is 1. The number of ether oxygens (including phenoxy) is 1. The van der Waals surface area contributed by atoms with E-state index in [1.165, 1.54) is 24.3 Å². The van der Waals surface area contributed by atoms with E-state index >= 15 is 0 Å². The standard InChI is InChI=1S/C17H24FN3O4/c18-13-2-4-14(5-3-13)20-16(22)12-15(17(23)24)19-6-1-7-21-8-10-25-11-9-21/h2-5,15,19H,1,6-12H2,(H,20,22)(H,23,24). The molecule has 1 fully saturated rings. The lowest BCUT2D eigenvalue weighted by Crippen LogP contribution is -2.42. The van der Waals surface area contributed by atoms with Crippen LogP contribution in [0.25, 0.3) is 0 Å². The van der Waals surface area contributed by atoms with Crippen LogP contribution in [0, 0.1) is 5.82 Å². The third-order valence-electron chi connectivity index (χ3n) is 3.96. The van der Waals surface area contributed by atoms with E-state index in [2.05, 4.69) is 15.5 Å². The number of nitrogens with one attached hydrogen (secondary N) is 2. The van der Waals surface area contributed by atoms with Gasteiger partial charge in [-0.25, -0.2) is 4.39 Å². The van der Waals surface area contributed by atoms with E-state index in [9.17, 15) is 19.1 Å². The van der Waals surface area contributed by atoms with Gasteiger partial charge in [0.1, 0.15) is 11.9 Å². The molecule has 7 nitrogen and oxygen atoms in total.